The molecule has 0 amide bonds. The molecule has 0 bridgehead atoms. The van der Waals surface area contributed by atoms with Crippen molar-refractivity contribution in [2.45, 2.75) is 27.2 Å². The second kappa shape index (κ2) is 8.69. The van der Waals surface area contributed by atoms with Crippen molar-refractivity contribution < 1.29 is 9.53 Å². The summed E-state index contributed by atoms with van der Waals surface area (Å²) in [4.78, 5) is 26.7. The Balaban J connectivity index is 1.61. The number of carbonyl (C=O) groups excluding carboxylic acids is 1. The molecule has 0 N–H and O–H groups in total. The molecule has 3 aromatic rings. The molecular weight excluding hydrogens is 376 g/mol. The van der Waals surface area contributed by atoms with Crippen molar-refractivity contribution in [3.63, 3.8) is 0 Å². The van der Waals surface area contributed by atoms with Crippen LogP contribution in [-0.4, -0.2) is 48.7 Å². The van der Waals surface area contributed by atoms with Crippen LogP contribution in [0.5, 0.6) is 0 Å². The van der Waals surface area contributed by atoms with E-state index in [4.69, 9.17) is 9.72 Å². The predicted molar refractivity (Wildman–Crippen MR) is 120 cm³/mol. The number of ether oxygens (including phenoxy) is 1. The van der Waals surface area contributed by atoms with E-state index in [0.29, 0.717) is 23.6 Å². The number of carbonyl (C=O) groups is 1. The van der Waals surface area contributed by atoms with Crippen LogP contribution < -0.4 is 9.80 Å². The molecule has 0 atom stereocenters. The predicted octanol–water partition coefficient (Wildman–Crippen LogP) is 4.14. The highest BCUT2D eigenvalue weighted by Crippen LogP contribution is 2.26. The van der Waals surface area contributed by atoms with E-state index in [2.05, 4.69) is 46.8 Å². The first-order valence-corrected chi connectivity index (χ1v) is 10.6. The monoisotopic (exact) mass is 404 g/mol. The number of hydrogen-bond acceptors (Lipinski definition) is 6. The Hall–Kier alpha value is -3.15. The number of rotatable bonds is 5. The lowest BCUT2D eigenvalue weighted by Gasteiger charge is -2.37. The standard InChI is InChI=1S/C24H28N4O2/c1-4-15-30-24(29)22-23(26-20-8-6-5-7-19(20)25-22)28-13-11-27(12-14-28)21-16-17(2)9-10-18(21)3/h5-10,16H,4,11-15H2,1-3H3. The summed E-state index contributed by atoms with van der Waals surface area (Å²) in [6.45, 7) is 9.91. The number of esters is 1. The number of para-hydroxylation sites is 2. The lowest BCUT2D eigenvalue weighted by atomic mass is 10.1. The molecule has 1 aliphatic heterocycles. The molecule has 2 aromatic carbocycles. The SMILES string of the molecule is CCCOC(=O)c1nc2ccccc2nc1N1CCN(c2cc(C)ccc2C)CC1. The minimum Gasteiger partial charge on any atom is -0.461 e. The molecule has 6 heteroatoms. The Bertz CT molecular complexity index is 1060. The largest absolute Gasteiger partial charge is 0.461 e. The van der Waals surface area contributed by atoms with Gasteiger partial charge < -0.3 is 14.5 Å². The first-order valence-electron chi connectivity index (χ1n) is 10.6. The van der Waals surface area contributed by atoms with E-state index in [1.165, 1.54) is 16.8 Å². The smallest absolute Gasteiger partial charge is 0.360 e. The molecule has 0 aliphatic carbocycles. The lowest BCUT2D eigenvalue weighted by molar-refractivity contribution is 0.0499. The minimum absolute atomic E-state index is 0.308. The Kier molecular flexibility index (Phi) is 5.84. The molecule has 1 saturated heterocycles. The van der Waals surface area contributed by atoms with Gasteiger partial charge in [0.05, 0.1) is 17.6 Å². The number of nitrogens with zero attached hydrogens (tertiary/aromatic N) is 4. The van der Waals surface area contributed by atoms with Gasteiger partial charge in [-0.05, 0) is 49.6 Å². The van der Waals surface area contributed by atoms with Crippen LogP contribution in [0.4, 0.5) is 11.5 Å². The molecule has 0 saturated carbocycles. The van der Waals surface area contributed by atoms with Gasteiger partial charge in [0, 0.05) is 31.9 Å². The van der Waals surface area contributed by atoms with Crippen LogP contribution in [0.3, 0.4) is 0 Å². The van der Waals surface area contributed by atoms with Crippen molar-refractivity contribution in [3.05, 3.63) is 59.3 Å². The maximum Gasteiger partial charge on any atom is 0.360 e. The van der Waals surface area contributed by atoms with Gasteiger partial charge in [-0.1, -0.05) is 31.2 Å². The number of aryl methyl sites for hydroxylation is 2. The molecule has 30 heavy (non-hydrogen) atoms. The molecule has 0 unspecified atom stereocenters. The van der Waals surface area contributed by atoms with Crippen LogP contribution in [0.25, 0.3) is 11.0 Å². The maximum absolute atomic E-state index is 12.7. The zero-order valence-corrected chi connectivity index (χ0v) is 17.9. The summed E-state index contributed by atoms with van der Waals surface area (Å²) in [6.07, 6.45) is 0.774. The van der Waals surface area contributed by atoms with Gasteiger partial charge in [-0.15, -0.1) is 0 Å². The number of anilines is 2. The fourth-order valence-corrected chi connectivity index (χ4v) is 3.83. The van der Waals surface area contributed by atoms with E-state index < -0.39 is 5.97 Å². The number of benzene rings is 2. The van der Waals surface area contributed by atoms with Gasteiger partial charge in [-0.25, -0.2) is 14.8 Å². The van der Waals surface area contributed by atoms with Crippen molar-refractivity contribution in [3.8, 4) is 0 Å². The fraction of sp³-hybridized carbons (Fsp3) is 0.375. The molecule has 0 spiro atoms. The third kappa shape index (κ3) is 4.08. The van der Waals surface area contributed by atoms with Crippen molar-refractivity contribution >= 4 is 28.5 Å². The number of fused-ring (bicyclic) bond motifs is 1. The van der Waals surface area contributed by atoms with Crippen LogP contribution in [-0.2, 0) is 4.74 Å². The van der Waals surface area contributed by atoms with E-state index in [9.17, 15) is 4.79 Å². The van der Waals surface area contributed by atoms with Gasteiger partial charge in [0.15, 0.2) is 11.5 Å². The summed E-state index contributed by atoms with van der Waals surface area (Å²) >= 11 is 0. The molecule has 1 aliphatic rings. The van der Waals surface area contributed by atoms with Crippen LogP contribution in [0.15, 0.2) is 42.5 Å². The first kappa shape index (κ1) is 20.1. The summed E-state index contributed by atoms with van der Waals surface area (Å²) in [5, 5.41) is 0. The average molecular weight is 405 g/mol. The van der Waals surface area contributed by atoms with Gasteiger partial charge in [0.25, 0.3) is 0 Å². The lowest BCUT2D eigenvalue weighted by Crippen LogP contribution is -2.47. The van der Waals surface area contributed by atoms with E-state index in [1.54, 1.807) is 0 Å². The highest BCUT2D eigenvalue weighted by molar-refractivity contribution is 5.95. The zero-order valence-electron chi connectivity index (χ0n) is 17.9. The van der Waals surface area contributed by atoms with Crippen LogP contribution in [0, 0.1) is 13.8 Å². The molecule has 4 rings (SSSR count). The Morgan fingerprint density at radius 3 is 2.33 bits per heavy atom. The average Bonchev–Trinajstić information content (AvgIpc) is 2.78. The van der Waals surface area contributed by atoms with Crippen molar-refractivity contribution in [2.75, 3.05) is 42.6 Å². The van der Waals surface area contributed by atoms with Gasteiger partial charge in [0.2, 0.25) is 0 Å². The van der Waals surface area contributed by atoms with Crippen molar-refractivity contribution in [2.24, 2.45) is 0 Å². The third-order valence-corrected chi connectivity index (χ3v) is 5.47. The third-order valence-electron chi connectivity index (χ3n) is 5.47. The summed E-state index contributed by atoms with van der Waals surface area (Å²) in [5.74, 6) is 0.220. The Labute approximate surface area is 177 Å². The second-order valence-corrected chi connectivity index (χ2v) is 7.78. The summed E-state index contributed by atoms with van der Waals surface area (Å²) in [6, 6.07) is 14.2. The summed E-state index contributed by atoms with van der Waals surface area (Å²) in [7, 11) is 0. The first-order chi connectivity index (χ1) is 14.6. The van der Waals surface area contributed by atoms with E-state index in [1.807, 2.05) is 31.2 Å². The second-order valence-electron chi connectivity index (χ2n) is 7.78. The number of aromatic nitrogens is 2. The van der Waals surface area contributed by atoms with Crippen molar-refractivity contribution in [1.82, 2.24) is 9.97 Å². The van der Waals surface area contributed by atoms with E-state index in [0.717, 1.165) is 38.1 Å². The molecule has 2 heterocycles. The molecule has 6 nitrogen and oxygen atoms in total. The van der Waals surface area contributed by atoms with E-state index >= 15 is 0 Å². The van der Waals surface area contributed by atoms with Crippen LogP contribution in [0.2, 0.25) is 0 Å². The molecular formula is C24H28N4O2. The molecule has 0 radical (unpaired) electrons. The molecule has 156 valence electrons. The maximum atomic E-state index is 12.7. The molecule has 1 aromatic heterocycles. The Morgan fingerprint density at radius 1 is 0.967 bits per heavy atom. The minimum atomic E-state index is -0.401. The molecule has 1 fully saturated rings. The van der Waals surface area contributed by atoms with Crippen molar-refractivity contribution in [1.29, 1.82) is 0 Å². The zero-order chi connectivity index (χ0) is 21.1. The van der Waals surface area contributed by atoms with E-state index in [-0.39, 0.29) is 0 Å². The van der Waals surface area contributed by atoms with Gasteiger partial charge in [-0.2, -0.15) is 0 Å². The van der Waals surface area contributed by atoms with Gasteiger partial charge in [-0.3, -0.25) is 0 Å². The highest BCUT2D eigenvalue weighted by atomic mass is 16.5. The summed E-state index contributed by atoms with van der Waals surface area (Å²) in [5.41, 5.74) is 5.63. The quantitative estimate of drug-likeness (QED) is 0.596. The van der Waals surface area contributed by atoms with Crippen LogP contribution >= 0.6 is 0 Å². The van der Waals surface area contributed by atoms with Gasteiger partial charge >= 0.3 is 5.97 Å². The van der Waals surface area contributed by atoms with Gasteiger partial charge in [0.1, 0.15) is 0 Å². The topological polar surface area (TPSA) is 58.6 Å². The Morgan fingerprint density at radius 2 is 1.63 bits per heavy atom. The highest BCUT2D eigenvalue weighted by Gasteiger charge is 2.26. The summed E-state index contributed by atoms with van der Waals surface area (Å²) < 4.78 is 5.40. The number of hydrogen-bond donors (Lipinski definition) is 0. The normalized spacial score (nSPS) is 14.2. The number of piperazine rings is 1. The fourth-order valence-electron chi connectivity index (χ4n) is 3.83. The van der Waals surface area contributed by atoms with Crippen LogP contribution in [0.1, 0.15) is 35.0 Å².